The maximum Gasteiger partial charge on any atom is 0.217 e. The second-order valence-electron chi connectivity index (χ2n) is 5.06. The molecule has 0 radical (unpaired) electrons. The van der Waals surface area contributed by atoms with Gasteiger partial charge in [0.05, 0.1) is 26.5 Å². The van der Waals surface area contributed by atoms with E-state index >= 15 is 0 Å². The molecule has 0 aromatic heterocycles. The predicted molar refractivity (Wildman–Crippen MR) is 67.4 cm³/mol. The van der Waals surface area contributed by atoms with Gasteiger partial charge in [0.1, 0.15) is 24.4 Å². The molecule has 13 heteroatoms. The molecule has 6 atom stereocenters. The summed E-state index contributed by atoms with van der Waals surface area (Å²) in [7, 11) is -5.58. The number of carboxylic acids is 1. The summed E-state index contributed by atoms with van der Waals surface area (Å²) >= 11 is 0. The summed E-state index contributed by atoms with van der Waals surface area (Å²) in [6.45, 7) is 1.28. The summed E-state index contributed by atoms with van der Waals surface area (Å²) in [6.07, 6.45) is -8.18. The number of ether oxygens (including phenoxy) is 2. The molecule has 3 N–H and O–H groups in total. The molecule has 1 rings (SSSR count). The lowest BCUT2D eigenvalue weighted by Crippen LogP contribution is -2.66. The Balaban J connectivity index is 3.15. The SMILES string of the molecule is CC(=O)N[C@H]1[C@@H](OP(=O)([O-])[O-])O[C@H](CO)[C@@H](O)[C@@H]1O[C@H](C)C(=O)[O-]. The van der Waals surface area contributed by atoms with E-state index in [2.05, 4.69) is 9.84 Å². The van der Waals surface area contributed by atoms with E-state index < -0.39 is 63.1 Å². The quantitative estimate of drug-likeness (QED) is 0.362. The van der Waals surface area contributed by atoms with Crippen molar-refractivity contribution in [2.75, 3.05) is 6.61 Å². The molecule has 0 unspecified atom stereocenters. The Morgan fingerprint density at radius 1 is 1.42 bits per heavy atom. The van der Waals surface area contributed by atoms with E-state index in [-0.39, 0.29) is 0 Å². The minimum absolute atomic E-state index is 0.729. The normalized spacial score (nSPS) is 32.2. The Kier molecular flexibility index (Phi) is 7.25. The highest BCUT2D eigenvalue weighted by Crippen LogP contribution is 2.34. The second kappa shape index (κ2) is 8.32. The topological polar surface area (TPSA) is 201 Å². The largest absolute Gasteiger partial charge is 0.790 e. The van der Waals surface area contributed by atoms with Crippen LogP contribution in [-0.4, -0.2) is 65.4 Å². The number of hydrogen-bond acceptors (Lipinski definition) is 11. The van der Waals surface area contributed by atoms with Gasteiger partial charge in [0.15, 0.2) is 6.29 Å². The maximum atomic E-state index is 11.3. The summed E-state index contributed by atoms with van der Waals surface area (Å²) < 4.78 is 25.0. The number of aliphatic carboxylic acids is 1. The first kappa shape index (κ1) is 20.9. The molecule has 1 saturated heterocycles. The van der Waals surface area contributed by atoms with Crippen LogP contribution in [0, 0.1) is 0 Å². The zero-order valence-corrected chi connectivity index (χ0v) is 13.6. The highest BCUT2D eigenvalue weighted by Gasteiger charge is 2.47. The van der Waals surface area contributed by atoms with E-state index in [1.54, 1.807) is 0 Å². The van der Waals surface area contributed by atoms with Gasteiger partial charge in [-0.1, -0.05) is 0 Å². The minimum Gasteiger partial charge on any atom is -0.790 e. The van der Waals surface area contributed by atoms with Crippen LogP contribution in [0.3, 0.4) is 0 Å². The van der Waals surface area contributed by atoms with Crippen molar-refractivity contribution in [1.29, 1.82) is 0 Å². The van der Waals surface area contributed by atoms with E-state index in [1.165, 1.54) is 0 Å². The van der Waals surface area contributed by atoms with Gasteiger partial charge in [0.2, 0.25) is 5.91 Å². The molecule has 1 fully saturated rings. The van der Waals surface area contributed by atoms with Crippen molar-refractivity contribution in [1.82, 2.24) is 5.32 Å². The highest BCUT2D eigenvalue weighted by molar-refractivity contribution is 7.43. The van der Waals surface area contributed by atoms with Gasteiger partial charge in [-0.15, -0.1) is 0 Å². The van der Waals surface area contributed by atoms with Crippen molar-refractivity contribution < 1.29 is 53.3 Å². The molecule has 140 valence electrons. The molecule has 12 nitrogen and oxygen atoms in total. The number of phosphoric ester groups is 1. The van der Waals surface area contributed by atoms with E-state index in [4.69, 9.17) is 14.6 Å². The number of aliphatic hydroxyl groups is 2. The van der Waals surface area contributed by atoms with Crippen LogP contribution in [0.2, 0.25) is 0 Å². The number of rotatable bonds is 7. The van der Waals surface area contributed by atoms with Crippen LogP contribution in [0.5, 0.6) is 0 Å². The first-order chi connectivity index (χ1) is 11.0. The number of carboxylic acid groups (broad SMARTS) is 1. The molecule has 1 aliphatic rings. The standard InChI is InChI=1S/C11H20NO11P/c1-4(10(16)17)21-9-7(12-5(2)14)11(23-24(18,19)20)22-6(3-13)8(9)15/h4,6-9,11,13,15H,3H2,1-2H3,(H,12,14)(H,16,17)(H2,18,19,20)/p-3/t4-,6-,7-,8-,9-,11-/m1/s1. The monoisotopic (exact) mass is 370 g/mol. The molecule has 1 aliphatic heterocycles. The van der Waals surface area contributed by atoms with Crippen LogP contribution < -0.4 is 20.2 Å². The van der Waals surface area contributed by atoms with Gasteiger partial charge in [-0.3, -0.25) is 4.79 Å². The molecule has 0 spiro atoms. The van der Waals surface area contributed by atoms with Gasteiger partial charge in [0, 0.05) is 6.92 Å². The second-order valence-corrected chi connectivity index (χ2v) is 6.16. The van der Waals surface area contributed by atoms with Gasteiger partial charge >= 0.3 is 0 Å². The summed E-state index contributed by atoms with van der Waals surface area (Å²) in [5, 5.41) is 32.2. The number of carbonyl (C=O) groups is 2. The van der Waals surface area contributed by atoms with Crippen molar-refractivity contribution in [3.8, 4) is 0 Å². The molecule has 1 heterocycles. The first-order valence-corrected chi connectivity index (χ1v) is 8.20. The van der Waals surface area contributed by atoms with Crippen molar-refractivity contribution in [3.05, 3.63) is 0 Å². The number of amides is 1. The number of carbonyl (C=O) groups excluding carboxylic acids is 2. The lowest BCUT2D eigenvalue weighted by Gasteiger charge is -2.47. The summed E-state index contributed by atoms with van der Waals surface area (Å²) in [5.74, 6) is -2.38. The zero-order valence-electron chi connectivity index (χ0n) is 12.7. The fraction of sp³-hybridized carbons (Fsp3) is 0.818. The molecule has 0 aromatic carbocycles. The third kappa shape index (κ3) is 5.76. The van der Waals surface area contributed by atoms with Gasteiger partial charge in [-0.25, -0.2) is 0 Å². The Labute approximate surface area is 136 Å². The zero-order chi connectivity index (χ0) is 18.7. The van der Waals surface area contributed by atoms with Crippen LogP contribution in [0.1, 0.15) is 13.8 Å². The Hall–Kier alpha value is -1.11. The van der Waals surface area contributed by atoms with Crippen LogP contribution in [0.25, 0.3) is 0 Å². The molecular weight excluding hydrogens is 353 g/mol. The molecule has 0 bridgehead atoms. The van der Waals surface area contributed by atoms with E-state index in [1.807, 2.05) is 0 Å². The molecule has 1 amide bonds. The molecule has 0 aromatic rings. The van der Waals surface area contributed by atoms with Gasteiger partial charge in [-0.2, -0.15) is 0 Å². The average molecular weight is 370 g/mol. The smallest absolute Gasteiger partial charge is 0.217 e. The minimum atomic E-state index is -5.58. The summed E-state index contributed by atoms with van der Waals surface area (Å²) in [4.78, 5) is 43.8. The molecule has 24 heavy (non-hydrogen) atoms. The lowest BCUT2D eigenvalue weighted by atomic mass is 9.96. The summed E-state index contributed by atoms with van der Waals surface area (Å²) in [5.41, 5.74) is 0. The fourth-order valence-electron chi connectivity index (χ4n) is 2.13. The lowest BCUT2D eigenvalue weighted by molar-refractivity contribution is -0.365. The van der Waals surface area contributed by atoms with Crippen LogP contribution in [0.4, 0.5) is 0 Å². The van der Waals surface area contributed by atoms with E-state index in [0.29, 0.717) is 0 Å². The fourth-order valence-corrected chi connectivity index (χ4v) is 2.56. The van der Waals surface area contributed by atoms with Crippen molar-refractivity contribution in [3.63, 3.8) is 0 Å². The van der Waals surface area contributed by atoms with Crippen molar-refractivity contribution in [2.45, 2.75) is 50.6 Å². The van der Waals surface area contributed by atoms with Gasteiger partial charge in [-0.05, 0) is 6.92 Å². The number of nitrogens with one attached hydrogen (secondary N) is 1. The summed E-state index contributed by atoms with van der Waals surface area (Å²) in [6, 6.07) is -1.54. The van der Waals surface area contributed by atoms with Crippen molar-refractivity contribution >= 4 is 19.7 Å². The highest BCUT2D eigenvalue weighted by atomic mass is 31.2. The molecular formula is C11H17NO11P-3. The Morgan fingerprint density at radius 3 is 2.42 bits per heavy atom. The van der Waals surface area contributed by atoms with E-state index in [9.17, 15) is 34.2 Å². The van der Waals surface area contributed by atoms with Gasteiger partial charge < -0.3 is 53.8 Å². The number of hydrogen-bond donors (Lipinski definition) is 3. The van der Waals surface area contributed by atoms with Crippen LogP contribution >= 0.6 is 7.82 Å². The first-order valence-electron chi connectivity index (χ1n) is 6.74. The van der Waals surface area contributed by atoms with Crippen LogP contribution in [-0.2, 0) is 28.2 Å². The average Bonchev–Trinajstić information content (AvgIpc) is 2.43. The van der Waals surface area contributed by atoms with Gasteiger partial charge in [0.25, 0.3) is 0 Å². The third-order valence-corrected chi connectivity index (χ3v) is 3.62. The number of phosphoric acid groups is 1. The van der Waals surface area contributed by atoms with Crippen molar-refractivity contribution in [2.24, 2.45) is 0 Å². The number of aliphatic hydroxyl groups excluding tert-OH is 2. The Bertz CT molecular complexity index is 508. The van der Waals surface area contributed by atoms with Crippen LogP contribution in [0.15, 0.2) is 0 Å². The maximum absolute atomic E-state index is 11.3. The Morgan fingerprint density at radius 2 is 2.00 bits per heavy atom. The van der Waals surface area contributed by atoms with E-state index in [0.717, 1.165) is 13.8 Å². The molecule has 0 saturated carbocycles. The third-order valence-electron chi connectivity index (χ3n) is 3.15. The molecule has 0 aliphatic carbocycles. The predicted octanol–water partition coefficient (Wildman–Crippen LogP) is -5.06.